The summed E-state index contributed by atoms with van der Waals surface area (Å²) in [6, 6.07) is 6.97. The van der Waals surface area contributed by atoms with Crippen LogP contribution in [0.4, 0.5) is 0 Å². The summed E-state index contributed by atoms with van der Waals surface area (Å²) in [5.74, 6) is 0.672. The Hall–Kier alpha value is -1.60. The van der Waals surface area contributed by atoms with Gasteiger partial charge in [0.2, 0.25) is 10.0 Å². The molecular formula is C16H24N2O4S. The highest BCUT2D eigenvalue weighted by Gasteiger charge is 2.28. The van der Waals surface area contributed by atoms with E-state index < -0.39 is 10.0 Å². The molecule has 0 unspecified atom stereocenters. The van der Waals surface area contributed by atoms with Crippen LogP contribution in [0.25, 0.3) is 0 Å². The number of benzene rings is 1. The number of hydrogen-bond donors (Lipinski definition) is 1. The molecule has 1 atom stereocenters. The maximum absolute atomic E-state index is 12.7. The Bertz CT molecular complexity index is 628. The van der Waals surface area contributed by atoms with Crippen LogP contribution in [0.15, 0.2) is 24.3 Å². The normalized spacial score (nSPS) is 18.7. The topological polar surface area (TPSA) is 75.7 Å². The monoisotopic (exact) mass is 340 g/mol. The molecule has 0 aromatic heterocycles. The van der Waals surface area contributed by atoms with Crippen molar-refractivity contribution in [3.05, 3.63) is 29.8 Å². The Labute approximate surface area is 137 Å². The predicted molar refractivity (Wildman–Crippen MR) is 89.1 cm³/mol. The van der Waals surface area contributed by atoms with E-state index in [4.69, 9.17) is 4.74 Å². The van der Waals surface area contributed by atoms with Crippen molar-refractivity contribution in [2.24, 2.45) is 0 Å². The van der Waals surface area contributed by atoms with Crippen molar-refractivity contribution in [1.29, 1.82) is 0 Å². The SMILES string of the molecule is CCOc1ccc(C(=O)N2CCCC[C@H]2CNS(C)(=O)=O)cc1. The van der Waals surface area contributed by atoms with Crippen LogP contribution in [-0.2, 0) is 10.0 Å². The van der Waals surface area contributed by atoms with Gasteiger partial charge in [0.15, 0.2) is 0 Å². The summed E-state index contributed by atoms with van der Waals surface area (Å²) < 4.78 is 30.5. The van der Waals surface area contributed by atoms with E-state index >= 15 is 0 Å². The molecule has 1 aliphatic heterocycles. The van der Waals surface area contributed by atoms with E-state index in [-0.39, 0.29) is 18.5 Å². The molecule has 2 rings (SSSR count). The van der Waals surface area contributed by atoms with Crippen molar-refractivity contribution in [2.45, 2.75) is 32.2 Å². The Kier molecular flexibility index (Phi) is 6.01. The third-order valence-corrected chi connectivity index (χ3v) is 4.57. The van der Waals surface area contributed by atoms with Crippen molar-refractivity contribution in [3.63, 3.8) is 0 Å². The van der Waals surface area contributed by atoms with E-state index in [0.29, 0.717) is 18.7 Å². The van der Waals surface area contributed by atoms with Crippen LogP contribution in [0.5, 0.6) is 5.75 Å². The summed E-state index contributed by atoms with van der Waals surface area (Å²) in [5.41, 5.74) is 0.597. The highest BCUT2D eigenvalue weighted by molar-refractivity contribution is 7.88. The van der Waals surface area contributed by atoms with Gasteiger partial charge in [0.05, 0.1) is 12.9 Å². The molecule has 23 heavy (non-hydrogen) atoms. The summed E-state index contributed by atoms with van der Waals surface area (Å²) in [6.07, 6.45) is 3.89. The molecule has 7 heteroatoms. The van der Waals surface area contributed by atoms with E-state index in [2.05, 4.69) is 4.72 Å². The van der Waals surface area contributed by atoms with E-state index in [1.165, 1.54) is 0 Å². The number of carbonyl (C=O) groups excluding carboxylic acids is 1. The van der Waals surface area contributed by atoms with Crippen molar-refractivity contribution in [3.8, 4) is 5.75 Å². The zero-order chi connectivity index (χ0) is 16.9. The van der Waals surface area contributed by atoms with Crippen LogP contribution >= 0.6 is 0 Å². The minimum absolute atomic E-state index is 0.0620. The molecule has 1 amide bonds. The molecule has 1 aliphatic rings. The summed E-state index contributed by atoms with van der Waals surface area (Å²) >= 11 is 0. The first kappa shape index (κ1) is 17.7. The molecule has 0 radical (unpaired) electrons. The van der Waals surface area contributed by atoms with E-state index in [9.17, 15) is 13.2 Å². The quantitative estimate of drug-likeness (QED) is 0.854. The molecule has 1 N–H and O–H groups in total. The van der Waals surface area contributed by atoms with Crippen LogP contribution in [0, 0.1) is 0 Å². The summed E-state index contributed by atoms with van der Waals surface area (Å²) in [6.45, 7) is 3.41. The van der Waals surface area contributed by atoms with Crippen molar-refractivity contribution >= 4 is 15.9 Å². The largest absolute Gasteiger partial charge is 0.494 e. The van der Waals surface area contributed by atoms with Crippen molar-refractivity contribution in [1.82, 2.24) is 9.62 Å². The highest BCUT2D eigenvalue weighted by atomic mass is 32.2. The Balaban J connectivity index is 2.07. The second kappa shape index (κ2) is 7.79. The summed E-state index contributed by atoms with van der Waals surface area (Å²) in [7, 11) is -3.25. The zero-order valence-corrected chi connectivity index (χ0v) is 14.4. The molecular weight excluding hydrogens is 316 g/mol. The fourth-order valence-electron chi connectivity index (χ4n) is 2.75. The van der Waals surface area contributed by atoms with E-state index in [0.717, 1.165) is 31.3 Å². The smallest absolute Gasteiger partial charge is 0.254 e. The van der Waals surface area contributed by atoms with E-state index in [1.54, 1.807) is 29.2 Å². The van der Waals surface area contributed by atoms with Gasteiger partial charge in [-0.1, -0.05) is 0 Å². The van der Waals surface area contributed by atoms with Crippen molar-refractivity contribution < 1.29 is 17.9 Å². The van der Waals surface area contributed by atoms with E-state index in [1.807, 2.05) is 6.92 Å². The molecule has 0 bridgehead atoms. The lowest BCUT2D eigenvalue weighted by molar-refractivity contribution is 0.0619. The summed E-state index contributed by atoms with van der Waals surface area (Å²) in [5, 5.41) is 0. The zero-order valence-electron chi connectivity index (χ0n) is 13.6. The third-order valence-electron chi connectivity index (χ3n) is 3.88. The molecule has 0 spiro atoms. The molecule has 1 aromatic carbocycles. The summed E-state index contributed by atoms with van der Waals surface area (Å²) in [4.78, 5) is 14.5. The van der Waals surface area contributed by atoms with Gasteiger partial charge in [-0.05, 0) is 50.5 Å². The lowest BCUT2D eigenvalue weighted by Gasteiger charge is -2.35. The Morgan fingerprint density at radius 3 is 2.61 bits per heavy atom. The van der Waals surface area contributed by atoms with Gasteiger partial charge >= 0.3 is 0 Å². The maximum atomic E-state index is 12.7. The molecule has 0 aliphatic carbocycles. The van der Waals surface area contributed by atoms with Gasteiger partial charge in [0.25, 0.3) is 5.91 Å². The molecule has 1 heterocycles. The average Bonchev–Trinajstić information content (AvgIpc) is 2.53. The molecule has 128 valence electrons. The van der Waals surface area contributed by atoms with Gasteiger partial charge in [-0.25, -0.2) is 13.1 Å². The fourth-order valence-corrected chi connectivity index (χ4v) is 3.25. The predicted octanol–water partition coefficient (Wildman–Crippen LogP) is 1.63. The first-order chi connectivity index (χ1) is 10.9. The molecule has 1 saturated heterocycles. The van der Waals surface area contributed by atoms with Gasteiger partial charge in [-0.2, -0.15) is 0 Å². The number of rotatable bonds is 6. The number of ether oxygens (including phenoxy) is 1. The molecule has 1 aromatic rings. The number of likely N-dealkylation sites (tertiary alicyclic amines) is 1. The lowest BCUT2D eigenvalue weighted by Crippen LogP contribution is -2.49. The maximum Gasteiger partial charge on any atom is 0.254 e. The number of nitrogens with zero attached hydrogens (tertiary/aromatic N) is 1. The fraction of sp³-hybridized carbons (Fsp3) is 0.562. The Morgan fingerprint density at radius 2 is 2.00 bits per heavy atom. The number of piperidine rings is 1. The van der Waals surface area contributed by atoms with Gasteiger partial charge in [0.1, 0.15) is 5.75 Å². The van der Waals surface area contributed by atoms with Gasteiger partial charge in [-0.3, -0.25) is 4.79 Å². The second-order valence-corrected chi connectivity index (χ2v) is 7.56. The van der Waals surface area contributed by atoms with Crippen molar-refractivity contribution in [2.75, 3.05) is 26.0 Å². The van der Waals surface area contributed by atoms with Gasteiger partial charge < -0.3 is 9.64 Å². The molecule has 1 fully saturated rings. The minimum atomic E-state index is -3.25. The average molecular weight is 340 g/mol. The number of carbonyl (C=O) groups is 1. The Morgan fingerprint density at radius 1 is 1.30 bits per heavy atom. The van der Waals surface area contributed by atoms with Crippen LogP contribution in [0.3, 0.4) is 0 Å². The lowest BCUT2D eigenvalue weighted by atomic mass is 10.0. The minimum Gasteiger partial charge on any atom is -0.494 e. The standard InChI is InChI=1S/C16H24N2O4S/c1-3-22-15-9-7-13(8-10-15)16(19)18-11-5-4-6-14(18)12-17-23(2,20)21/h7-10,14,17H,3-6,11-12H2,1-2H3/t14-/m0/s1. The number of amides is 1. The first-order valence-corrected chi connectivity index (χ1v) is 9.78. The first-order valence-electron chi connectivity index (χ1n) is 7.89. The number of hydrogen-bond acceptors (Lipinski definition) is 4. The van der Waals surface area contributed by atoms with Crippen LogP contribution in [0.1, 0.15) is 36.5 Å². The molecule has 0 saturated carbocycles. The second-order valence-electron chi connectivity index (χ2n) is 5.73. The van der Waals surface area contributed by atoms with Crippen LogP contribution in [0.2, 0.25) is 0 Å². The molecule has 6 nitrogen and oxygen atoms in total. The van der Waals surface area contributed by atoms with Crippen LogP contribution in [-0.4, -0.2) is 51.2 Å². The number of sulfonamides is 1. The number of nitrogens with one attached hydrogen (secondary N) is 1. The van der Waals surface area contributed by atoms with Crippen LogP contribution < -0.4 is 9.46 Å². The highest BCUT2D eigenvalue weighted by Crippen LogP contribution is 2.21. The third kappa shape index (κ3) is 5.21. The van der Waals surface area contributed by atoms with Gasteiger partial charge in [0, 0.05) is 24.7 Å². The van der Waals surface area contributed by atoms with Gasteiger partial charge in [-0.15, -0.1) is 0 Å².